The second-order valence-electron chi connectivity index (χ2n) is 10.5. The third kappa shape index (κ3) is 11.6. The molecule has 0 aliphatic carbocycles. The highest BCUT2D eigenvalue weighted by molar-refractivity contribution is 6.30. The van der Waals surface area contributed by atoms with E-state index < -0.39 is 11.7 Å². The normalized spacial score (nSPS) is 13.5. The Morgan fingerprint density at radius 1 is 0.750 bits per heavy atom. The number of halogens is 5. The van der Waals surface area contributed by atoms with Crippen LogP contribution in [0, 0.1) is 5.82 Å². The van der Waals surface area contributed by atoms with Crippen LogP contribution in [0.2, 0.25) is 5.02 Å². The van der Waals surface area contributed by atoms with E-state index in [2.05, 4.69) is 0 Å². The highest BCUT2D eigenvalue weighted by Crippen LogP contribution is 2.33. The standard InChI is InChI=1S/C15H22F3N.C14H21ClFN/c1-10(2)13-7-12(6-4-5-11(3)19)8-14(9-13)15(16,17)18;1-9(2)12-7-11(6-4-5-10(3)17)8-13(15)14(12)16/h7-11H,4-6,19H2,1-3H3;7-10H,4-6,17H2,1-3H3/t11-;10-/m00/s1. The second-order valence-corrected chi connectivity index (χ2v) is 10.9. The molecule has 0 heterocycles. The zero-order valence-electron chi connectivity index (χ0n) is 22.5. The Hall–Kier alpha value is -1.63. The molecule has 0 aromatic heterocycles. The molecule has 0 bridgehead atoms. The van der Waals surface area contributed by atoms with Crippen molar-refractivity contribution in [2.45, 2.75) is 110 Å². The van der Waals surface area contributed by atoms with Crippen LogP contribution in [0.1, 0.15) is 107 Å². The van der Waals surface area contributed by atoms with Crippen molar-refractivity contribution in [3.63, 3.8) is 0 Å². The molecule has 0 spiro atoms. The number of rotatable bonds is 10. The zero-order valence-corrected chi connectivity index (χ0v) is 23.2. The van der Waals surface area contributed by atoms with Gasteiger partial charge in [-0.05, 0) is 105 Å². The molecule has 0 saturated heterocycles. The summed E-state index contributed by atoms with van der Waals surface area (Å²) in [5, 5.41) is 0.229. The summed E-state index contributed by atoms with van der Waals surface area (Å²) in [6, 6.07) is 8.34. The highest BCUT2D eigenvalue weighted by Gasteiger charge is 2.31. The largest absolute Gasteiger partial charge is 0.416 e. The Balaban J connectivity index is 0.000000362. The van der Waals surface area contributed by atoms with Crippen molar-refractivity contribution >= 4 is 11.6 Å². The maximum atomic E-state index is 13.7. The van der Waals surface area contributed by atoms with E-state index in [-0.39, 0.29) is 34.8 Å². The minimum absolute atomic E-state index is 0.0921. The predicted molar refractivity (Wildman–Crippen MR) is 144 cm³/mol. The molecule has 0 unspecified atom stereocenters. The van der Waals surface area contributed by atoms with Crippen LogP contribution < -0.4 is 11.5 Å². The van der Waals surface area contributed by atoms with Gasteiger partial charge in [0, 0.05) is 12.1 Å². The van der Waals surface area contributed by atoms with Crippen LogP contribution in [0.3, 0.4) is 0 Å². The van der Waals surface area contributed by atoms with Crippen molar-refractivity contribution in [3.05, 3.63) is 69.0 Å². The van der Waals surface area contributed by atoms with E-state index in [0.717, 1.165) is 48.8 Å². The molecule has 204 valence electrons. The maximum Gasteiger partial charge on any atom is 0.416 e. The van der Waals surface area contributed by atoms with Crippen LogP contribution in [0.4, 0.5) is 17.6 Å². The van der Waals surface area contributed by atoms with Gasteiger partial charge in [0.2, 0.25) is 0 Å². The van der Waals surface area contributed by atoms with Crippen LogP contribution >= 0.6 is 11.6 Å². The van der Waals surface area contributed by atoms with Gasteiger partial charge in [0.05, 0.1) is 10.6 Å². The summed E-state index contributed by atoms with van der Waals surface area (Å²) in [5.41, 5.74) is 14.1. The SMILES string of the molecule is CC(C)c1cc(CCC[C@H](C)N)cc(C(F)(F)F)c1.CC(C)c1cc(CCC[C@H](C)N)cc(Cl)c1F. The molecule has 4 N–H and O–H groups in total. The van der Waals surface area contributed by atoms with Gasteiger partial charge in [0.1, 0.15) is 5.82 Å². The minimum atomic E-state index is -4.28. The Bertz CT molecular complexity index is 938. The van der Waals surface area contributed by atoms with Gasteiger partial charge < -0.3 is 11.5 Å². The molecular weight excluding hydrogens is 488 g/mol. The molecular formula is C29H43ClF4N2. The third-order valence-corrected chi connectivity index (χ3v) is 6.27. The van der Waals surface area contributed by atoms with Crippen molar-refractivity contribution in [1.82, 2.24) is 0 Å². The van der Waals surface area contributed by atoms with Crippen LogP contribution in [-0.4, -0.2) is 12.1 Å². The molecule has 2 nitrogen and oxygen atoms in total. The van der Waals surface area contributed by atoms with E-state index >= 15 is 0 Å². The Labute approximate surface area is 219 Å². The summed E-state index contributed by atoms with van der Waals surface area (Å²) < 4.78 is 52.3. The van der Waals surface area contributed by atoms with E-state index in [1.165, 1.54) is 12.1 Å². The number of hydrogen-bond donors (Lipinski definition) is 2. The molecule has 2 rings (SSSR count). The van der Waals surface area contributed by atoms with Gasteiger partial charge in [-0.3, -0.25) is 0 Å². The van der Waals surface area contributed by atoms with Crippen molar-refractivity contribution in [3.8, 4) is 0 Å². The molecule has 7 heteroatoms. The van der Waals surface area contributed by atoms with Gasteiger partial charge >= 0.3 is 6.18 Å². The van der Waals surface area contributed by atoms with Crippen LogP contribution in [-0.2, 0) is 19.0 Å². The fourth-order valence-corrected chi connectivity index (χ4v) is 4.10. The van der Waals surface area contributed by atoms with Crippen LogP contribution in [0.5, 0.6) is 0 Å². The maximum absolute atomic E-state index is 13.7. The first-order valence-corrected chi connectivity index (χ1v) is 13.2. The van der Waals surface area contributed by atoms with Crippen molar-refractivity contribution in [2.75, 3.05) is 0 Å². The van der Waals surface area contributed by atoms with Gasteiger partial charge in [-0.2, -0.15) is 13.2 Å². The Morgan fingerprint density at radius 2 is 1.25 bits per heavy atom. The highest BCUT2D eigenvalue weighted by atomic mass is 35.5. The number of aryl methyl sites for hydroxylation is 2. The molecule has 0 aliphatic rings. The van der Waals surface area contributed by atoms with E-state index in [9.17, 15) is 17.6 Å². The average molecular weight is 531 g/mol. The Kier molecular flexibility index (Phi) is 13.4. The minimum Gasteiger partial charge on any atom is -0.328 e. The number of benzene rings is 2. The molecule has 0 amide bonds. The summed E-state index contributed by atoms with van der Waals surface area (Å²) >= 11 is 5.90. The number of nitrogens with two attached hydrogens (primary N) is 2. The van der Waals surface area contributed by atoms with Crippen LogP contribution in [0.15, 0.2) is 30.3 Å². The lowest BCUT2D eigenvalue weighted by molar-refractivity contribution is -0.137. The quantitative estimate of drug-likeness (QED) is 0.301. The van der Waals surface area contributed by atoms with E-state index in [4.69, 9.17) is 23.1 Å². The monoisotopic (exact) mass is 530 g/mol. The molecule has 0 saturated carbocycles. The lowest BCUT2D eigenvalue weighted by Gasteiger charge is -2.14. The first kappa shape index (κ1) is 32.4. The zero-order chi connectivity index (χ0) is 27.6. The van der Waals surface area contributed by atoms with E-state index in [1.54, 1.807) is 6.07 Å². The summed E-state index contributed by atoms with van der Waals surface area (Å²) in [5.74, 6) is -0.0343. The second kappa shape index (κ2) is 14.9. The van der Waals surface area contributed by atoms with Crippen molar-refractivity contribution < 1.29 is 17.6 Å². The van der Waals surface area contributed by atoms with Gasteiger partial charge in [0.25, 0.3) is 0 Å². The first-order valence-electron chi connectivity index (χ1n) is 12.8. The molecule has 2 aromatic rings. The molecule has 36 heavy (non-hydrogen) atoms. The summed E-state index contributed by atoms with van der Waals surface area (Å²) in [6.07, 6.45) is 0.903. The van der Waals surface area contributed by atoms with Gasteiger partial charge in [-0.15, -0.1) is 0 Å². The summed E-state index contributed by atoms with van der Waals surface area (Å²) in [7, 11) is 0. The van der Waals surface area contributed by atoms with Crippen molar-refractivity contribution in [1.29, 1.82) is 0 Å². The lowest BCUT2D eigenvalue weighted by atomic mass is 9.95. The first-order chi connectivity index (χ1) is 16.6. The lowest BCUT2D eigenvalue weighted by Crippen LogP contribution is -2.14. The molecule has 2 aromatic carbocycles. The topological polar surface area (TPSA) is 52.0 Å². The van der Waals surface area contributed by atoms with Gasteiger partial charge in [-0.1, -0.05) is 51.4 Å². The van der Waals surface area contributed by atoms with Gasteiger partial charge in [-0.25, -0.2) is 4.39 Å². The van der Waals surface area contributed by atoms with Crippen molar-refractivity contribution in [2.24, 2.45) is 11.5 Å². The smallest absolute Gasteiger partial charge is 0.328 e. The fraction of sp³-hybridized carbons (Fsp3) is 0.586. The third-order valence-electron chi connectivity index (χ3n) is 6.00. The molecule has 0 radical (unpaired) electrons. The molecule has 0 fully saturated rings. The van der Waals surface area contributed by atoms with Crippen LogP contribution in [0.25, 0.3) is 0 Å². The predicted octanol–water partition coefficient (Wildman–Crippen LogP) is 8.77. The van der Waals surface area contributed by atoms with E-state index in [0.29, 0.717) is 12.0 Å². The van der Waals surface area contributed by atoms with Gasteiger partial charge in [0.15, 0.2) is 0 Å². The summed E-state index contributed by atoms with van der Waals surface area (Å²) in [4.78, 5) is 0. The van der Waals surface area contributed by atoms with E-state index in [1.807, 2.05) is 53.7 Å². The Morgan fingerprint density at radius 3 is 1.67 bits per heavy atom. The summed E-state index contributed by atoms with van der Waals surface area (Å²) in [6.45, 7) is 11.7. The fourth-order valence-electron chi connectivity index (χ4n) is 3.85. The number of alkyl halides is 3. The average Bonchev–Trinajstić information content (AvgIpc) is 2.75. The number of hydrogen-bond acceptors (Lipinski definition) is 2. The molecule has 0 aliphatic heterocycles. The molecule has 2 atom stereocenters.